The van der Waals surface area contributed by atoms with Gasteiger partial charge in [-0.3, -0.25) is 9.59 Å². The molecule has 480 valence electrons. The van der Waals surface area contributed by atoms with Crippen LogP contribution in [0.25, 0.3) is 0 Å². The minimum absolute atomic E-state index is 0.172. The normalized spacial score (nSPS) is 13.8. The molecule has 0 aromatic rings. The maximum absolute atomic E-state index is 12.9. The fourth-order valence-electron chi connectivity index (χ4n) is 8.64. The first kappa shape index (κ1) is 79.9. The van der Waals surface area contributed by atoms with Crippen molar-refractivity contribution in [1.82, 2.24) is 0 Å². The van der Waals surface area contributed by atoms with Crippen LogP contribution in [-0.2, 0) is 33.3 Å². The number of hydrogen-bond acceptors (Lipinski definition) is 7. The van der Waals surface area contributed by atoms with Crippen LogP contribution in [0.3, 0.4) is 0 Å². The Kier molecular flexibility index (Phi) is 61.0. The van der Waals surface area contributed by atoms with E-state index in [0.29, 0.717) is 17.4 Å². The maximum Gasteiger partial charge on any atom is 0.361 e. The molecule has 0 aliphatic carbocycles. The van der Waals surface area contributed by atoms with Crippen molar-refractivity contribution < 1.29 is 42.9 Å². The summed E-state index contributed by atoms with van der Waals surface area (Å²) in [6.07, 6.45) is 93.4. The van der Waals surface area contributed by atoms with Crippen LogP contribution in [0.1, 0.15) is 245 Å². The van der Waals surface area contributed by atoms with Gasteiger partial charge in [-0.15, -0.1) is 0 Å². The Bertz CT molecular complexity index is 1950. The zero-order valence-corrected chi connectivity index (χ0v) is 54.7. The second-order valence-electron chi connectivity index (χ2n) is 23.0. The van der Waals surface area contributed by atoms with E-state index in [9.17, 15) is 19.5 Å². The van der Waals surface area contributed by atoms with Crippen molar-refractivity contribution >= 4 is 17.9 Å². The molecule has 0 saturated carbocycles. The molecule has 2 atom stereocenters. The summed E-state index contributed by atoms with van der Waals surface area (Å²) in [5.74, 6) is -2.07. The number of hydrogen-bond donors (Lipinski definition) is 1. The number of carbonyl (C=O) groups excluding carboxylic acids is 2. The highest BCUT2D eigenvalue weighted by atomic mass is 16.7. The van der Waals surface area contributed by atoms with Gasteiger partial charge in [-0.25, -0.2) is 4.79 Å². The Hall–Kier alpha value is -5.09. The number of nitrogens with zero attached hydrogens (tertiary/aromatic N) is 1. The third kappa shape index (κ3) is 66.3. The number of aliphatic carboxylic acids is 1. The Balaban J connectivity index is 4.29. The third-order valence-corrected chi connectivity index (χ3v) is 13.8. The van der Waals surface area contributed by atoms with Crippen LogP contribution in [0.4, 0.5) is 0 Å². The molecule has 0 aliphatic rings. The van der Waals surface area contributed by atoms with Gasteiger partial charge in [-0.1, -0.05) is 262 Å². The molecule has 0 saturated heterocycles. The molecule has 0 aliphatic heterocycles. The van der Waals surface area contributed by atoms with Crippen molar-refractivity contribution in [2.45, 2.75) is 257 Å². The van der Waals surface area contributed by atoms with E-state index in [-0.39, 0.29) is 38.6 Å². The van der Waals surface area contributed by atoms with Crippen LogP contribution in [-0.4, -0.2) is 87.4 Å². The number of likely N-dealkylation sites (N-methyl/N-ethyl adjacent to an activating group) is 1. The van der Waals surface area contributed by atoms with Crippen molar-refractivity contribution in [3.05, 3.63) is 158 Å². The Morgan fingerprint density at radius 2 is 0.671 bits per heavy atom. The molecule has 0 bridgehead atoms. The van der Waals surface area contributed by atoms with Crippen molar-refractivity contribution in [2.75, 3.05) is 47.5 Å². The van der Waals surface area contributed by atoms with E-state index >= 15 is 0 Å². The topological polar surface area (TPSA) is 108 Å². The van der Waals surface area contributed by atoms with Gasteiger partial charge in [0.15, 0.2) is 6.10 Å². The number of esters is 2. The summed E-state index contributed by atoms with van der Waals surface area (Å²) in [6, 6.07) is 0. The van der Waals surface area contributed by atoms with Crippen LogP contribution in [0.15, 0.2) is 158 Å². The summed E-state index contributed by atoms with van der Waals surface area (Å²) >= 11 is 0. The molecule has 0 amide bonds. The quantitative estimate of drug-likeness (QED) is 0.0211. The largest absolute Gasteiger partial charge is 0.477 e. The number of ether oxygens (including phenoxy) is 4. The fraction of sp³-hybridized carbons (Fsp3) is 0.618. The van der Waals surface area contributed by atoms with Crippen LogP contribution < -0.4 is 0 Å². The number of carboxylic acids is 1. The molecule has 0 radical (unpaired) electrons. The molecule has 0 heterocycles. The molecule has 1 N–H and O–H groups in total. The van der Waals surface area contributed by atoms with Gasteiger partial charge in [0.25, 0.3) is 6.29 Å². The van der Waals surface area contributed by atoms with Crippen molar-refractivity contribution in [3.8, 4) is 0 Å². The summed E-state index contributed by atoms with van der Waals surface area (Å²) in [4.78, 5) is 37.6. The van der Waals surface area contributed by atoms with Gasteiger partial charge in [-0.2, -0.15) is 0 Å². The van der Waals surface area contributed by atoms with Crippen molar-refractivity contribution in [1.29, 1.82) is 0 Å². The molecule has 85 heavy (non-hydrogen) atoms. The monoisotopic (exact) mass is 1180 g/mol. The second-order valence-corrected chi connectivity index (χ2v) is 23.0. The smallest absolute Gasteiger partial charge is 0.361 e. The van der Waals surface area contributed by atoms with Crippen LogP contribution >= 0.6 is 0 Å². The highest BCUT2D eigenvalue weighted by Gasteiger charge is 2.25. The van der Waals surface area contributed by atoms with Gasteiger partial charge in [0.05, 0.1) is 34.4 Å². The molecular weight excluding hydrogens is 1050 g/mol. The lowest BCUT2D eigenvalue weighted by Crippen LogP contribution is -2.40. The highest BCUT2D eigenvalue weighted by molar-refractivity contribution is 5.71. The highest BCUT2D eigenvalue weighted by Crippen LogP contribution is 2.15. The number of allylic oxidation sites excluding steroid dienone is 26. The van der Waals surface area contributed by atoms with E-state index < -0.39 is 24.3 Å². The molecule has 0 spiro atoms. The first-order valence-corrected chi connectivity index (χ1v) is 33.6. The molecule has 2 unspecified atom stereocenters. The van der Waals surface area contributed by atoms with Crippen LogP contribution in [0, 0.1) is 0 Å². The lowest BCUT2D eigenvalue weighted by molar-refractivity contribution is -0.870. The van der Waals surface area contributed by atoms with E-state index in [4.69, 9.17) is 18.9 Å². The standard InChI is InChI=1S/C76H123NO8/c1-6-8-10-12-14-16-18-20-22-24-26-28-30-31-32-33-34-35-36-37-38-39-40-41-42-43-45-47-49-51-53-55-57-59-61-63-65-67-74(79)85-72(71-84-76(75(80)81)82-69-68-77(3,4)5)70-83-73(78)66-64-62-60-58-56-54-52-50-48-46-44-29-27-25-23-21-19-17-15-13-11-9-7-2/h8,10,14,16,19-22,25-28,31-32,34-35,37-38,40-41,43,45,49,51,55,57,72,76H,6-7,9,11-13,15,17-18,23-24,29-30,33,36,39,42,44,46-48,50,52-54,56,58-71H2,1-5H3/p+1/b10-8-,16-14-,21-19-,22-20-,27-25-,28-26-,32-31-,35-34-,38-37-,41-40-,45-43-,51-49-,57-55-. The number of quaternary nitrogens is 1. The molecule has 9 nitrogen and oxygen atoms in total. The zero-order valence-electron chi connectivity index (χ0n) is 54.7. The molecule has 9 heteroatoms. The Morgan fingerprint density at radius 3 is 1.01 bits per heavy atom. The molecular formula is C76H124NO8+. The minimum atomic E-state index is -1.53. The Labute approximate surface area is 521 Å². The van der Waals surface area contributed by atoms with Gasteiger partial charge < -0.3 is 28.5 Å². The number of carboxylic acid groups (broad SMARTS) is 1. The molecule has 0 fully saturated rings. The van der Waals surface area contributed by atoms with Gasteiger partial charge >= 0.3 is 17.9 Å². The number of rotatable bonds is 60. The van der Waals surface area contributed by atoms with Crippen LogP contribution in [0.2, 0.25) is 0 Å². The minimum Gasteiger partial charge on any atom is -0.477 e. The van der Waals surface area contributed by atoms with E-state index in [0.717, 1.165) is 116 Å². The third-order valence-electron chi connectivity index (χ3n) is 13.8. The summed E-state index contributed by atoms with van der Waals surface area (Å²) in [6.45, 7) is 4.70. The first-order valence-electron chi connectivity index (χ1n) is 33.6. The lowest BCUT2D eigenvalue weighted by atomic mass is 10.0. The summed E-state index contributed by atoms with van der Waals surface area (Å²) in [5, 5.41) is 9.73. The van der Waals surface area contributed by atoms with E-state index in [1.165, 1.54) is 96.3 Å². The van der Waals surface area contributed by atoms with Gasteiger partial charge in [0.1, 0.15) is 13.2 Å². The number of carbonyl (C=O) groups is 3. The Morgan fingerprint density at radius 1 is 0.365 bits per heavy atom. The summed E-state index contributed by atoms with van der Waals surface area (Å²) in [7, 11) is 5.95. The van der Waals surface area contributed by atoms with Crippen molar-refractivity contribution in [3.63, 3.8) is 0 Å². The van der Waals surface area contributed by atoms with E-state index in [1.807, 2.05) is 21.1 Å². The number of unbranched alkanes of at least 4 members (excludes halogenated alkanes) is 19. The van der Waals surface area contributed by atoms with Gasteiger partial charge in [-0.05, 0) is 128 Å². The van der Waals surface area contributed by atoms with Crippen LogP contribution in [0.5, 0.6) is 0 Å². The molecule has 0 aromatic heterocycles. The average Bonchev–Trinajstić information content (AvgIpc) is 3.48. The van der Waals surface area contributed by atoms with Crippen molar-refractivity contribution in [2.24, 2.45) is 0 Å². The van der Waals surface area contributed by atoms with Gasteiger partial charge in [0, 0.05) is 12.8 Å². The molecule has 0 rings (SSSR count). The summed E-state index contributed by atoms with van der Waals surface area (Å²) < 4.78 is 22.9. The SMILES string of the molecule is CC/C=C\C/C=C\C/C=C\C/C=C\C/C=C\C/C=C\C/C=C\C/C=C\C/C=C\C/C=C\C/C=C\CCCCCC(=O)OC(COC(=O)CCCCCCCCCCCCC/C=C\C/C=C\CCCCCCC)COC(OCC[N+](C)(C)C)C(=O)O. The van der Waals surface area contributed by atoms with E-state index in [2.05, 4.69) is 172 Å². The van der Waals surface area contributed by atoms with Gasteiger partial charge in [0.2, 0.25) is 0 Å². The predicted molar refractivity (Wildman–Crippen MR) is 363 cm³/mol. The fourth-order valence-corrected chi connectivity index (χ4v) is 8.64. The lowest BCUT2D eigenvalue weighted by Gasteiger charge is -2.25. The maximum atomic E-state index is 12.9. The zero-order chi connectivity index (χ0) is 61.9. The second kappa shape index (κ2) is 64.9. The first-order chi connectivity index (χ1) is 41.6. The van der Waals surface area contributed by atoms with E-state index in [1.54, 1.807) is 0 Å². The predicted octanol–water partition coefficient (Wildman–Crippen LogP) is 20.9. The summed E-state index contributed by atoms with van der Waals surface area (Å²) in [5.41, 5.74) is 0. The molecule has 0 aromatic carbocycles. The average molecular weight is 1180 g/mol.